The summed E-state index contributed by atoms with van der Waals surface area (Å²) < 4.78 is 0. The first kappa shape index (κ1) is 21.0. The summed E-state index contributed by atoms with van der Waals surface area (Å²) in [6.07, 6.45) is 2.97. The fourth-order valence-electron chi connectivity index (χ4n) is 5.19. The van der Waals surface area contributed by atoms with Gasteiger partial charge in [-0.2, -0.15) is 0 Å². The molecule has 3 aromatic rings. The van der Waals surface area contributed by atoms with E-state index < -0.39 is 8.32 Å². The largest absolute Gasteiger partial charge is 0.424 e. The van der Waals surface area contributed by atoms with Crippen molar-refractivity contribution in [2.45, 2.75) is 43.6 Å². The Hall–Kier alpha value is -2.20. The van der Waals surface area contributed by atoms with Crippen LogP contribution in [0.5, 0.6) is 0 Å². The van der Waals surface area contributed by atoms with Gasteiger partial charge in [-0.25, -0.2) is 0 Å². The van der Waals surface area contributed by atoms with Gasteiger partial charge >= 0.3 is 0 Å². The summed E-state index contributed by atoms with van der Waals surface area (Å²) in [6.45, 7) is 4.65. The van der Waals surface area contributed by atoms with Crippen molar-refractivity contribution in [1.82, 2.24) is 0 Å². The van der Waals surface area contributed by atoms with Gasteiger partial charge in [0, 0.05) is 5.41 Å². The molecule has 2 nitrogen and oxygen atoms in total. The van der Waals surface area contributed by atoms with Gasteiger partial charge in [0.2, 0.25) is 0 Å². The zero-order chi connectivity index (χ0) is 21.2. The third-order valence-corrected chi connectivity index (χ3v) is 11.9. The third-order valence-electron chi connectivity index (χ3n) is 7.34. The lowest BCUT2D eigenvalue weighted by atomic mass is 9.91. The van der Waals surface area contributed by atoms with E-state index in [-0.39, 0.29) is 17.1 Å². The van der Waals surface area contributed by atoms with Gasteiger partial charge in [-0.3, -0.25) is 0 Å². The van der Waals surface area contributed by atoms with Gasteiger partial charge in [0.15, 0.2) is 0 Å². The highest BCUT2D eigenvalue weighted by Gasteiger charge is 2.56. The van der Waals surface area contributed by atoms with E-state index in [1.807, 2.05) is 42.5 Å². The van der Waals surface area contributed by atoms with Gasteiger partial charge in [-0.15, -0.1) is 0 Å². The van der Waals surface area contributed by atoms with Gasteiger partial charge in [0.25, 0.3) is 8.32 Å². The SMILES string of the molecule is CC(C)(CCC1CC1(CO)c1ccccc1)[Si](O)(c1ccccc1)c1ccccc1. The maximum Gasteiger partial charge on any atom is 0.258 e. The van der Waals surface area contributed by atoms with Gasteiger partial charge in [-0.1, -0.05) is 105 Å². The number of rotatable bonds is 8. The van der Waals surface area contributed by atoms with E-state index in [0.29, 0.717) is 5.92 Å². The number of benzene rings is 3. The molecule has 2 unspecified atom stereocenters. The lowest BCUT2D eigenvalue weighted by Gasteiger charge is -2.41. The molecule has 0 amide bonds. The minimum absolute atomic E-state index is 0.101. The topological polar surface area (TPSA) is 40.5 Å². The van der Waals surface area contributed by atoms with Crippen molar-refractivity contribution in [3.63, 3.8) is 0 Å². The number of hydrogen-bond donors (Lipinski definition) is 2. The Morgan fingerprint density at radius 3 is 1.77 bits per heavy atom. The minimum atomic E-state index is -2.97. The number of hydrogen-bond acceptors (Lipinski definition) is 2. The van der Waals surface area contributed by atoms with E-state index >= 15 is 0 Å². The number of aliphatic hydroxyl groups excluding tert-OH is 1. The molecule has 30 heavy (non-hydrogen) atoms. The Kier molecular flexibility index (Phi) is 5.71. The molecule has 2 atom stereocenters. The van der Waals surface area contributed by atoms with E-state index in [2.05, 4.69) is 62.4 Å². The fraction of sp³-hybridized carbons (Fsp3) is 0.333. The molecule has 1 saturated carbocycles. The van der Waals surface area contributed by atoms with Crippen LogP contribution in [-0.4, -0.2) is 24.8 Å². The molecule has 0 bridgehead atoms. The smallest absolute Gasteiger partial charge is 0.258 e. The second kappa shape index (κ2) is 8.14. The van der Waals surface area contributed by atoms with E-state index in [1.54, 1.807) is 0 Å². The molecular formula is C27H32O2Si. The maximum atomic E-state index is 12.3. The quantitative estimate of drug-likeness (QED) is 0.539. The summed E-state index contributed by atoms with van der Waals surface area (Å²) in [7, 11) is -2.97. The fourth-order valence-corrected chi connectivity index (χ4v) is 8.94. The van der Waals surface area contributed by atoms with Gasteiger partial charge in [0.05, 0.1) is 6.61 Å². The highest BCUT2D eigenvalue weighted by molar-refractivity contribution is 6.98. The van der Waals surface area contributed by atoms with Crippen LogP contribution in [0.1, 0.15) is 38.7 Å². The minimum Gasteiger partial charge on any atom is -0.424 e. The Bertz CT molecular complexity index is 916. The summed E-state index contributed by atoms with van der Waals surface area (Å²) >= 11 is 0. The third kappa shape index (κ3) is 3.56. The molecule has 3 aromatic carbocycles. The van der Waals surface area contributed by atoms with Crippen LogP contribution in [0.4, 0.5) is 0 Å². The van der Waals surface area contributed by atoms with Gasteiger partial charge in [0.1, 0.15) is 0 Å². The molecule has 0 aliphatic heterocycles. The van der Waals surface area contributed by atoms with Crippen molar-refractivity contribution in [3.05, 3.63) is 96.6 Å². The van der Waals surface area contributed by atoms with Crippen molar-refractivity contribution >= 4 is 18.7 Å². The van der Waals surface area contributed by atoms with Crippen LogP contribution in [0.2, 0.25) is 5.04 Å². The zero-order valence-corrected chi connectivity index (χ0v) is 19.0. The Balaban J connectivity index is 1.60. The average molecular weight is 417 g/mol. The molecule has 1 aliphatic rings. The first-order valence-corrected chi connectivity index (χ1v) is 12.9. The Morgan fingerprint density at radius 1 is 0.833 bits per heavy atom. The van der Waals surface area contributed by atoms with Crippen molar-refractivity contribution in [2.24, 2.45) is 5.92 Å². The molecule has 4 rings (SSSR count). The molecule has 0 spiro atoms. The molecule has 0 saturated heterocycles. The first-order valence-electron chi connectivity index (χ1n) is 10.9. The van der Waals surface area contributed by atoms with E-state index in [4.69, 9.17) is 0 Å². The summed E-state index contributed by atoms with van der Waals surface area (Å²) in [5.41, 5.74) is 1.14. The van der Waals surface area contributed by atoms with E-state index in [1.165, 1.54) is 5.56 Å². The van der Waals surface area contributed by atoms with Crippen LogP contribution >= 0.6 is 0 Å². The summed E-state index contributed by atoms with van der Waals surface area (Å²) in [4.78, 5) is 12.3. The molecule has 0 radical (unpaired) electrons. The van der Waals surface area contributed by atoms with Gasteiger partial charge in [-0.05, 0) is 46.2 Å². The highest BCUT2D eigenvalue weighted by Crippen LogP contribution is 2.58. The van der Waals surface area contributed by atoms with E-state index in [0.717, 1.165) is 29.6 Å². The molecule has 3 heteroatoms. The molecule has 156 valence electrons. The van der Waals surface area contributed by atoms with Crippen molar-refractivity contribution in [2.75, 3.05) is 6.61 Å². The first-order chi connectivity index (χ1) is 14.4. The Labute approximate surface area is 181 Å². The predicted molar refractivity (Wildman–Crippen MR) is 127 cm³/mol. The van der Waals surface area contributed by atoms with Crippen molar-refractivity contribution in [3.8, 4) is 0 Å². The highest BCUT2D eigenvalue weighted by atomic mass is 28.4. The van der Waals surface area contributed by atoms with Crippen LogP contribution in [0.25, 0.3) is 0 Å². The van der Waals surface area contributed by atoms with Gasteiger partial charge < -0.3 is 9.90 Å². The lowest BCUT2D eigenvalue weighted by Crippen LogP contribution is -2.65. The summed E-state index contributed by atoms with van der Waals surface area (Å²) in [6, 6.07) is 30.9. The molecule has 1 aliphatic carbocycles. The van der Waals surface area contributed by atoms with E-state index in [9.17, 15) is 9.90 Å². The second-order valence-corrected chi connectivity index (χ2v) is 13.4. The predicted octanol–water partition coefficient (Wildman–Crippen LogP) is 4.25. The monoisotopic (exact) mass is 416 g/mol. The van der Waals surface area contributed by atoms with Crippen LogP contribution in [0, 0.1) is 5.92 Å². The summed E-state index contributed by atoms with van der Waals surface area (Å²) in [5, 5.41) is 12.1. The normalized spacial score (nSPS) is 21.4. The molecule has 1 fully saturated rings. The van der Waals surface area contributed by atoms with Crippen molar-refractivity contribution < 1.29 is 9.90 Å². The average Bonchev–Trinajstić information content (AvgIpc) is 3.54. The van der Waals surface area contributed by atoms with Crippen molar-refractivity contribution in [1.29, 1.82) is 0 Å². The molecule has 2 N–H and O–H groups in total. The van der Waals surface area contributed by atoms with Crippen LogP contribution < -0.4 is 10.4 Å². The Morgan fingerprint density at radius 2 is 1.30 bits per heavy atom. The number of aliphatic hydroxyl groups is 1. The second-order valence-electron chi connectivity index (χ2n) is 9.45. The molecular weight excluding hydrogens is 384 g/mol. The zero-order valence-electron chi connectivity index (χ0n) is 18.0. The lowest BCUT2D eigenvalue weighted by molar-refractivity contribution is 0.242. The molecule has 0 aromatic heterocycles. The molecule has 0 heterocycles. The van der Waals surface area contributed by atoms with Crippen LogP contribution in [-0.2, 0) is 5.41 Å². The van der Waals surface area contributed by atoms with Crippen LogP contribution in [0.3, 0.4) is 0 Å². The van der Waals surface area contributed by atoms with Crippen LogP contribution in [0.15, 0.2) is 91.0 Å². The maximum absolute atomic E-state index is 12.3. The standard InChI is InChI=1S/C27H32O2Si/c1-26(2,19-18-23-20-27(23,21-28)22-12-6-3-7-13-22)30(29,24-14-8-4-9-15-24)25-16-10-5-11-17-25/h3-17,23,28-29H,18-21H2,1-2H3. The summed E-state index contributed by atoms with van der Waals surface area (Å²) in [5.74, 6) is 0.467.